The van der Waals surface area contributed by atoms with Gasteiger partial charge in [-0.3, -0.25) is 28.6 Å². The van der Waals surface area contributed by atoms with E-state index in [9.17, 15) is 29.4 Å². The van der Waals surface area contributed by atoms with Crippen molar-refractivity contribution in [3.63, 3.8) is 0 Å². The normalized spacial score (nSPS) is 18.7. The highest BCUT2D eigenvalue weighted by atomic mass is 16.6. The van der Waals surface area contributed by atoms with Crippen molar-refractivity contribution < 1.29 is 24.5 Å². The number of nitrogens with one attached hydrogen (secondary N) is 4. The summed E-state index contributed by atoms with van der Waals surface area (Å²) in [6.45, 7) is 6.46. The molecule has 20 heteroatoms. The van der Waals surface area contributed by atoms with Crippen LogP contribution >= 0.6 is 0 Å². The molecule has 1 aliphatic rings. The number of aromatic nitrogens is 8. The molecule has 0 radical (unpaired) electrons. The van der Waals surface area contributed by atoms with E-state index in [2.05, 4.69) is 41.2 Å². The number of ether oxygens (including phenoxy) is 1. The minimum Gasteiger partial charge on any atom is -0.387 e. The van der Waals surface area contributed by atoms with Gasteiger partial charge in [0.1, 0.15) is 17.7 Å². The van der Waals surface area contributed by atoms with Crippen molar-refractivity contribution in [2.24, 2.45) is 7.05 Å². The number of carbonyl (C=O) groups excluding carboxylic acids is 2. The Kier molecular flexibility index (Phi) is 9.72. The maximum atomic E-state index is 12.9. The van der Waals surface area contributed by atoms with Crippen LogP contribution in [0, 0.1) is 0 Å². The molecule has 3 amide bonds. The fraction of sp³-hybridized carbons (Fsp3) is 0.419. The fourth-order valence-corrected chi connectivity index (χ4v) is 5.96. The van der Waals surface area contributed by atoms with Crippen LogP contribution in [0.1, 0.15) is 32.6 Å². The average molecular weight is 706 g/mol. The Morgan fingerprint density at radius 3 is 2.37 bits per heavy atom. The van der Waals surface area contributed by atoms with Gasteiger partial charge in [0.2, 0.25) is 11.9 Å². The molecule has 5 heterocycles. The molecule has 4 atom stereocenters. The van der Waals surface area contributed by atoms with Crippen LogP contribution in [-0.2, 0) is 36.1 Å². The zero-order valence-electron chi connectivity index (χ0n) is 28.3. The molecule has 20 nitrogen and oxygen atoms in total. The number of imidazole rings is 2. The molecule has 1 aromatic carbocycles. The van der Waals surface area contributed by atoms with Crippen LogP contribution in [0.3, 0.4) is 0 Å². The van der Waals surface area contributed by atoms with Gasteiger partial charge in [-0.25, -0.2) is 14.6 Å². The van der Waals surface area contributed by atoms with E-state index in [0.29, 0.717) is 31.7 Å². The molecule has 1 saturated heterocycles. The molecule has 6 rings (SSSR count). The molecule has 5 aromatic rings. The standard InChI is InChI=1S/C31H39N13O7/c1-5-33-25(47)21-19(45)20(46)27(51-21)44-14-35-17-22(32)37-28(38-23(17)44)34-13-12-15-8-10-16(11-9-15)36-30(49)40-29-39-24-18(41(29)4)26(48)43(7-3)31(50)42(24)6-2/h8-11,14,19-21,27,45-46H,5-7,12-13H2,1-4H3,(H,33,47)(H3,32,34,37,38)(H2,36,39,40,49)/t19-,20+,21+,27+/m0/s1. The Hall–Kier alpha value is -5.86. The van der Waals surface area contributed by atoms with Gasteiger partial charge in [0, 0.05) is 38.9 Å². The number of carbonyl (C=O) groups is 2. The minimum atomic E-state index is -1.46. The van der Waals surface area contributed by atoms with E-state index in [4.69, 9.17) is 10.5 Å². The van der Waals surface area contributed by atoms with E-state index in [-0.39, 0.29) is 46.6 Å². The van der Waals surface area contributed by atoms with Crippen molar-refractivity contribution in [1.82, 2.24) is 43.5 Å². The third-order valence-corrected chi connectivity index (χ3v) is 8.58. The number of aliphatic hydroxyl groups is 2. The molecule has 4 aromatic heterocycles. The number of aliphatic hydroxyl groups excluding tert-OH is 2. The lowest BCUT2D eigenvalue weighted by molar-refractivity contribution is -0.137. The number of amides is 3. The number of urea groups is 1. The number of anilines is 4. The highest BCUT2D eigenvalue weighted by Crippen LogP contribution is 2.32. The second kappa shape index (κ2) is 14.2. The van der Waals surface area contributed by atoms with Crippen LogP contribution < -0.4 is 38.2 Å². The summed E-state index contributed by atoms with van der Waals surface area (Å²) < 4.78 is 11.1. The zero-order chi connectivity index (χ0) is 36.6. The number of nitrogen functional groups attached to an aromatic ring is 1. The van der Waals surface area contributed by atoms with Gasteiger partial charge < -0.3 is 41.2 Å². The van der Waals surface area contributed by atoms with E-state index < -0.39 is 47.7 Å². The van der Waals surface area contributed by atoms with E-state index in [1.165, 1.54) is 20.0 Å². The maximum Gasteiger partial charge on any atom is 0.332 e. The molecule has 0 aliphatic carbocycles. The smallest absolute Gasteiger partial charge is 0.332 e. The van der Waals surface area contributed by atoms with Gasteiger partial charge in [-0.05, 0) is 44.9 Å². The summed E-state index contributed by atoms with van der Waals surface area (Å²) in [7, 11) is 1.59. The summed E-state index contributed by atoms with van der Waals surface area (Å²) in [6.07, 6.45) is -3.41. The van der Waals surface area contributed by atoms with E-state index in [1.54, 1.807) is 40.0 Å². The van der Waals surface area contributed by atoms with Crippen LogP contribution in [0.15, 0.2) is 40.2 Å². The molecule has 1 aliphatic heterocycles. The number of fused-ring (bicyclic) bond motifs is 2. The highest BCUT2D eigenvalue weighted by Gasteiger charge is 2.47. The Labute approximate surface area is 289 Å². The van der Waals surface area contributed by atoms with Gasteiger partial charge in [-0.15, -0.1) is 0 Å². The number of likely N-dealkylation sites (N-methyl/N-ethyl adjacent to an activating group) is 1. The SMILES string of the molecule is CCNC(=O)[C@@H]1O[C@@H](n2cnc3c(N)nc(NCCc4ccc(NC(=O)Nc5nc6c(c(=O)n(CC)c(=O)n6CC)n5C)cc4)nc32)[C@H](O)[C@@H]1O. The average Bonchev–Trinajstić information content (AvgIpc) is 3.76. The summed E-state index contributed by atoms with van der Waals surface area (Å²) in [5.41, 5.74) is 7.54. The van der Waals surface area contributed by atoms with E-state index >= 15 is 0 Å². The van der Waals surface area contributed by atoms with Gasteiger partial charge >= 0.3 is 11.7 Å². The molecule has 270 valence electrons. The van der Waals surface area contributed by atoms with E-state index in [1.807, 2.05) is 12.1 Å². The number of aryl methyl sites for hydroxylation is 2. The maximum absolute atomic E-state index is 12.9. The molecule has 0 spiro atoms. The van der Waals surface area contributed by atoms with Crippen molar-refractivity contribution in [1.29, 1.82) is 0 Å². The third-order valence-electron chi connectivity index (χ3n) is 8.58. The van der Waals surface area contributed by atoms with Crippen molar-refractivity contribution >= 4 is 57.7 Å². The van der Waals surface area contributed by atoms with Gasteiger partial charge in [0.15, 0.2) is 35.0 Å². The monoisotopic (exact) mass is 705 g/mol. The van der Waals surface area contributed by atoms with Crippen LogP contribution in [0.25, 0.3) is 22.3 Å². The van der Waals surface area contributed by atoms with Crippen LogP contribution in [0.4, 0.5) is 28.2 Å². The number of nitrogens with two attached hydrogens (primary N) is 1. The van der Waals surface area contributed by atoms with Crippen LogP contribution in [-0.4, -0.2) is 91.8 Å². The van der Waals surface area contributed by atoms with Crippen molar-refractivity contribution in [2.45, 2.75) is 64.8 Å². The lowest BCUT2D eigenvalue weighted by Crippen LogP contribution is -2.42. The Balaban J connectivity index is 1.08. The Bertz CT molecular complexity index is 2220. The van der Waals surface area contributed by atoms with Gasteiger partial charge in [0.25, 0.3) is 11.5 Å². The minimum absolute atomic E-state index is 0.0830. The first-order valence-corrected chi connectivity index (χ1v) is 16.4. The number of nitrogens with zero attached hydrogens (tertiary/aromatic N) is 8. The molecule has 51 heavy (non-hydrogen) atoms. The second-order valence-corrected chi connectivity index (χ2v) is 11.8. The Morgan fingerprint density at radius 2 is 1.69 bits per heavy atom. The lowest BCUT2D eigenvalue weighted by atomic mass is 10.1. The topological polar surface area (TPSA) is 263 Å². The first-order valence-electron chi connectivity index (χ1n) is 16.4. The number of benzene rings is 1. The zero-order valence-corrected chi connectivity index (χ0v) is 28.3. The summed E-state index contributed by atoms with van der Waals surface area (Å²) in [4.78, 5) is 68.2. The molecular formula is C31H39N13O7. The van der Waals surface area contributed by atoms with Crippen molar-refractivity contribution in [3.05, 3.63) is 57.0 Å². The lowest BCUT2D eigenvalue weighted by Gasteiger charge is -2.16. The van der Waals surface area contributed by atoms with Gasteiger partial charge in [-0.1, -0.05) is 12.1 Å². The molecule has 0 saturated carbocycles. The molecule has 1 fully saturated rings. The summed E-state index contributed by atoms with van der Waals surface area (Å²) in [5.74, 6) is -0.168. The number of hydrogen-bond acceptors (Lipinski definition) is 13. The number of rotatable bonds is 11. The van der Waals surface area contributed by atoms with Crippen molar-refractivity contribution in [3.8, 4) is 0 Å². The number of hydrogen-bond donors (Lipinski definition) is 7. The summed E-state index contributed by atoms with van der Waals surface area (Å²) in [5, 5.41) is 32.2. The molecular weight excluding hydrogens is 666 g/mol. The van der Waals surface area contributed by atoms with Gasteiger partial charge in [-0.2, -0.15) is 15.0 Å². The predicted octanol–water partition coefficient (Wildman–Crippen LogP) is -0.288. The summed E-state index contributed by atoms with van der Waals surface area (Å²) >= 11 is 0. The van der Waals surface area contributed by atoms with Crippen molar-refractivity contribution in [2.75, 3.05) is 34.8 Å². The molecule has 8 N–H and O–H groups in total. The van der Waals surface area contributed by atoms with Crippen LogP contribution in [0.5, 0.6) is 0 Å². The molecule has 0 unspecified atom stereocenters. The third kappa shape index (κ3) is 6.46. The predicted molar refractivity (Wildman–Crippen MR) is 186 cm³/mol. The molecule has 0 bridgehead atoms. The second-order valence-electron chi connectivity index (χ2n) is 11.8. The highest BCUT2D eigenvalue weighted by molar-refractivity contribution is 5.99. The first-order chi connectivity index (χ1) is 24.5. The quantitative estimate of drug-likeness (QED) is 0.0933. The fourth-order valence-electron chi connectivity index (χ4n) is 5.96. The van der Waals surface area contributed by atoms with E-state index in [0.717, 1.165) is 10.1 Å². The van der Waals surface area contributed by atoms with Crippen LogP contribution in [0.2, 0.25) is 0 Å². The Morgan fingerprint density at radius 1 is 0.961 bits per heavy atom. The summed E-state index contributed by atoms with van der Waals surface area (Å²) in [6, 6.07) is 6.54. The first kappa shape index (κ1) is 35.0. The largest absolute Gasteiger partial charge is 0.387 e. The van der Waals surface area contributed by atoms with Gasteiger partial charge in [0.05, 0.1) is 6.33 Å².